The second kappa shape index (κ2) is 9.27. The van der Waals surface area contributed by atoms with E-state index in [1.165, 1.54) is 6.08 Å². The van der Waals surface area contributed by atoms with Gasteiger partial charge in [0.25, 0.3) is 5.91 Å². The molecule has 0 atom stereocenters. The Morgan fingerprint density at radius 2 is 1.80 bits per heavy atom. The maximum absolute atomic E-state index is 11.8. The van der Waals surface area contributed by atoms with Gasteiger partial charge < -0.3 is 14.8 Å². The number of nitrogens with one attached hydrogen (secondary N) is 1. The molecule has 0 heterocycles. The van der Waals surface area contributed by atoms with Crippen molar-refractivity contribution < 1.29 is 19.1 Å². The number of hydrogen-bond donors (Lipinski definition) is 1. The molecule has 5 nitrogen and oxygen atoms in total. The van der Waals surface area contributed by atoms with Crippen LogP contribution < -0.4 is 10.1 Å². The fourth-order valence-electron chi connectivity index (χ4n) is 2.11. The van der Waals surface area contributed by atoms with E-state index in [9.17, 15) is 9.59 Å². The molecular formula is C20H21NO4. The van der Waals surface area contributed by atoms with E-state index in [2.05, 4.69) is 5.32 Å². The number of benzene rings is 2. The Bertz CT molecular complexity index is 751. The van der Waals surface area contributed by atoms with Gasteiger partial charge in [0.1, 0.15) is 5.75 Å². The number of carbonyl (C=O) groups is 2. The lowest BCUT2D eigenvalue weighted by molar-refractivity contribution is -0.142. The molecule has 1 N–H and O–H groups in total. The van der Waals surface area contributed by atoms with E-state index < -0.39 is 11.9 Å². The molecule has 0 aliphatic heterocycles. The summed E-state index contributed by atoms with van der Waals surface area (Å²) in [6.45, 7) is 4.09. The van der Waals surface area contributed by atoms with Crippen molar-refractivity contribution in [3.63, 3.8) is 0 Å². The highest BCUT2D eigenvalue weighted by atomic mass is 16.5. The third kappa shape index (κ3) is 6.14. The van der Waals surface area contributed by atoms with E-state index in [1.54, 1.807) is 30.3 Å². The highest BCUT2D eigenvalue weighted by Crippen LogP contribution is 2.15. The van der Waals surface area contributed by atoms with Crippen molar-refractivity contribution in [1.82, 2.24) is 0 Å². The van der Waals surface area contributed by atoms with Gasteiger partial charge in [-0.15, -0.1) is 0 Å². The van der Waals surface area contributed by atoms with Crippen molar-refractivity contribution in [2.75, 3.05) is 18.5 Å². The van der Waals surface area contributed by atoms with E-state index in [0.717, 1.165) is 16.9 Å². The zero-order chi connectivity index (χ0) is 18.1. The Balaban J connectivity index is 1.79. The minimum atomic E-state index is -0.565. The van der Waals surface area contributed by atoms with Gasteiger partial charge in [-0.1, -0.05) is 24.3 Å². The normalized spacial score (nSPS) is 10.5. The van der Waals surface area contributed by atoms with Crippen LogP contribution in [-0.4, -0.2) is 25.1 Å². The molecule has 0 bridgehead atoms. The number of esters is 1. The molecule has 0 unspecified atom stereocenters. The van der Waals surface area contributed by atoms with Crippen LogP contribution in [0.5, 0.6) is 5.75 Å². The van der Waals surface area contributed by atoms with Crippen LogP contribution in [0.2, 0.25) is 0 Å². The van der Waals surface area contributed by atoms with E-state index in [0.29, 0.717) is 12.3 Å². The summed E-state index contributed by atoms with van der Waals surface area (Å²) < 4.78 is 10.3. The number of rotatable bonds is 7. The summed E-state index contributed by atoms with van der Waals surface area (Å²) in [5.74, 6) is -0.236. The molecule has 0 aliphatic rings. The second-order valence-corrected chi connectivity index (χ2v) is 5.30. The average molecular weight is 339 g/mol. The van der Waals surface area contributed by atoms with Crippen molar-refractivity contribution in [3.05, 3.63) is 65.7 Å². The largest absolute Gasteiger partial charge is 0.494 e. The first-order chi connectivity index (χ1) is 12.1. The molecule has 130 valence electrons. The van der Waals surface area contributed by atoms with Crippen LogP contribution in [0, 0.1) is 6.92 Å². The summed E-state index contributed by atoms with van der Waals surface area (Å²) in [5, 5.41) is 2.65. The standard InChI is InChI=1S/C20H21NO4/c1-3-24-18-11-9-17(10-12-18)21-19(22)14-25-20(23)13-8-16-7-5-4-6-15(16)2/h4-13H,3,14H2,1-2H3,(H,21,22)/b13-8+. The number of aryl methyl sites for hydroxylation is 1. The molecule has 0 saturated heterocycles. The van der Waals surface area contributed by atoms with E-state index in [1.807, 2.05) is 38.1 Å². The summed E-state index contributed by atoms with van der Waals surface area (Å²) in [6.07, 6.45) is 2.98. The molecule has 0 aliphatic carbocycles. The first-order valence-corrected chi connectivity index (χ1v) is 8.01. The predicted molar refractivity (Wildman–Crippen MR) is 97.4 cm³/mol. The maximum Gasteiger partial charge on any atom is 0.331 e. The second-order valence-electron chi connectivity index (χ2n) is 5.30. The van der Waals surface area contributed by atoms with Crippen molar-refractivity contribution in [2.45, 2.75) is 13.8 Å². The average Bonchev–Trinajstić information content (AvgIpc) is 2.61. The lowest BCUT2D eigenvalue weighted by Crippen LogP contribution is -2.20. The molecule has 2 aromatic rings. The van der Waals surface area contributed by atoms with Crippen LogP contribution in [0.3, 0.4) is 0 Å². The van der Waals surface area contributed by atoms with Crippen molar-refractivity contribution in [1.29, 1.82) is 0 Å². The Labute approximate surface area is 147 Å². The first kappa shape index (κ1) is 18.3. The maximum atomic E-state index is 11.8. The fourth-order valence-corrected chi connectivity index (χ4v) is 2.11. The van der Waals surface area contributed by atoms with Gasteiger partial charge in [-0.3, -0.25) is 4.79 Å². The minimum Gasteiger partial charge on any atom is -0.494 e. The Morgan fingerprint density at radius 3 is 2.48 bits per heavy atom. The van der Waals surface area contributed by atoms with Gasteiger partial charge in [-0.25, -0.2) is 4.79 Å². The van der Waals surface area contributed by atoms with Crippen LogP contribution >= 0.6 is 0 Å². The number of anilines is 1. The van der Waals surface area contributed by atoms with Crippen molar-refractivity contribution in [2.24, 2.45) is 0 Å². The molecule has 0 spiro atoms. The topological polar surface area (TPSA) is 64.6 Å². The van der Waals surface area contributed by atoms with Gasteiger partial charge in [0.2, 0.25) is 0 Å². The number of hydrogen-bond acceptors (Lipinski definition) is 4. The minimum absolute atomic E-state index is 0.343. The van der Waals surface area contributed by atoms with Gasteiger partial charge in [0.05, 0.1) is 6.61 Å². The Morgan fingerprint density at radius 1 is 1.08 bits per heavy atom. The fraction of sp³-hybridized carbons (Fsp3) is 0.200. The van der Waals surface area contributed by atoms with Gasteiger partial charge in [-0.2, -0.15) is 0 Å². The predicted octanol–water partition coefficient (Wildman–Crippen LogP) is 3.59. The number of ether oxygens (including phenoxy) is 2. The summed E-state index contributed by atoms with van der Waals surface area (Å²) in [6, 6.07) is 14.6. The van der Waals surface area contributed by atoms with Crippen molar-refractivity contribution >= 4 is 23.6 Å². The van der Waals surface area contributed by atoms with Gasteiger partial charge in [-0.05, 0) is 55.3 Å². The molecule has 2 aromatic carbocycles. The lowest BCUT2D eigenvalue weighted by atomic mass is 10.1. The number of amides is 1. The summed E-state index contributed by atoms with van der Waals surface area (Å²) in [5.41, 5.74) is 2.60. The molecular weight excluding hydrogens is 318 g/mol. The van der Waals surface area contributed by atoms with Crippen LogP contribution in [0.4, 0.5) is 5.69 Å². The Hall–Kier alpha value is -3.08. The number of carbonyl (C=O) groups excluding carboxylic acids is 2. The highest BCUT2D eigenvalue weighted by Gasteiger charge is 2.06. The van der Waals surface area contributed by atoms with Crippen molar-refractivity contribution in [3.8, 4) is 5.75 Å². The third-order valence-electron chi connectivity index (χ3n) is 3.38. The summed E-state index contributed by atoms with van der Waals surface area (Å²) in [4.78, 5) is 23.5. The lowest BCUT2D eigenvalue weighted by Gasteiger charge is -2.07. The molecule has 0 fully saturated rings. The van der Waals surface area contributed by atoms with Gasteiger partial charge in [0.15, 0.2) is 6.61 Å². The van der Waals surface area contributed by atoms with Crippen LogP contribution in [0.1, 0.15) is 18.1 Å². The first-order valence-electron chi connectivity index (χ1n) is 8.01. The SMILES string of the molecule is CCOc1ccc(NC(=O)COC(=O)/C=C/c2ccccc2C)cc1. The van der Waals surface area contributed by atoms with E-state index in [4.69, 9.17) is 9.47 Å². The van der Waals surface area contributed by atoms with Crippen LogP contribution in [0.25, 0.3) is 6.08 Å². The molecule has 1 amide bonds. The smallest absolute Gasteiger partial charge is 0.331 e. The van der Waals surface area contributed by atoms with Gasteiger partial charge >= 0.3 is 5.97 Å². The summed E-state index contributed by atoms with van der Waals surface area (Å²) >= 11 is 0. The molecule has 5 heteroatoms. The van der Waals surface area contributed by atoms with Crippen LogP contribution in [0.15, 0.2) is 54.6 Å². The zero-order valence-corrected chi connectivity index (χ0v) is 14.3. The zero-order valence-electron chi connectivity index (χ0n) is 14.3. The highest BCUT2D eigenvalue weighted by molar-refractivity contribution is 5.94. The monoisotopic (exact) mass is 339 g/mol. The molecule has 0 saturated carbocycles. The van der Waals surface area contributed by atoms with Gasteiger partial charge in [0, 0.05) is 11.8 Å². The van der Waals surface area contributed by atoms with E-state index >= 15 is 0 Å². The molecule has 2 rings (SSSR count). The molecule has 0 aromatic heterocycles. The molecule has 0 radical (unpaired) electrons. The molecule has 25 heavy (non-hydrogen) atoms. The Kier molecular flexibility index (Phi) is 6.77. The quantitative estimate of drug-likeness (QED) is 0.618. The summed E-state index contributed by atoms with van der Waals surface area (Å²) in [7, 11) is 0. The van der Waals surface area contributed by atoms with E-state index in [-0.39, 0.29) is 6.61 Å². The third-order valence-corrected chi connectivity index (χ3v) is 3.38. The van der Waals surface area contributed by atoms with Crippen LogP contribution in [-0.2, 0) is 14.3 Å².